The zero-order valence-electron chi connectivity index (χ0n) is 11.1. The smallest absolute Gasteiger partial charge is 0.196 e. The Labute approximate surface area is 113 Å². The van der Waals surface area contributed by atoms with Crippen LogP contribution in [0, 0.1) is 0 Å². The third kappa shape index (κ3) is 2.76. The molecule has 1 N–H and O–H groups in total. The van der Waals surface area contributed by atoms with Crippen LogP contribution in [0.4, 0.5) is 5.69 Å². The number of nitrogens with zero attached hydrogens (tertiary/aromatic N) is 1. The summed E-state index contributed by atoms with van der Waals surface area (Å²) in [7, 11) is 1.94. The highest BCUT2D eigenvalue weighted by molar-refractivity contribution is 6.10. The molecule has 2 rings (SSSR count). The first kappa shape index (κ1) is 13.1. The van der Waals surface area contributed by atoms with E-state index in [1.54, 1.807) is 24.3 Å². The maximum absolute atomic E-state index is 12.2. The Bertz CT molecular complexity index is 579. The van der Waals surface area contributed by atoms with E-state index in [1.165, 1.54) is 0 Å². The van der Waals surface area contributed by atoms with Crippen molar-refractivity contribution >= 4 is 11.5 Å². The molecular weight excluding hydrogens is 238 g/mol. The topological polar surface area (TPSA) is 40.5 Å². The molecule has 0 aliphatic rings. The van der Waals surface area contributed by atoms with Crippen molar-refractivity contribution in [1.82, 2.24) is 0 Å². The number of phenols is 1. The maximum Gasteiger partial charge on any atom is 0.196 e. The Balaban J connectivity index is 2.34. The normalized spacial score (nSPS) is 10.2. The molecule has 0 aliphatic heterocycles. The second-order valence-electron chi connectivity index (χ2n) is 4.41. The van der Waals surface area contributed by atoms with E-state index in [-0.39, 0.29) is 11.5 Å². The lowest BCUT2D eigenvalue weighted by Gasteiger charge is -2.17. The molecule has 0 saturated heterocycles. The van der Waals surface area contributed by atoms with E-state index in [0.717, 1.165) is 12.2 Å². The summed E-state index contributed by atoms with van der Waals surface area (Å²) < 4.78 is 0. The van der Waals surface area contributed by atoms with Crippen LogP contribution in [-0.4, -0.2) is 24.5 Å². The van der Waals surface area contributed by atoms with E-state index in [4.69, 9.17) is 0 Å². The van der Waals surface area contributed by atoms with Gasteiger partial charge in [0.25, 0.3) is 0 Å². The lowest BCUT2D eigenvalue weighted by atomic mass is 10.0. The summed E-state index contributed by atoms with van der Waals surface area (Å²) in [5, 5.41) is 10.0. The fraction of sp³-hybridized carbons (Fsp3) is 0.188. The third-order valence-corrected chi connectivity index (χ3v) is 3.18. The van der Waals surface area contributed by atoms with Gasteiger partial charge in [-0.15, -0.1) is 0 Å². The molecule has 19 heavy (non-hydrogen) atoms. The summed E-state index contributed by atoms with van der Waals surface area (Å²) in [6.45, 7) is 2.87. The number of phenolic OH excluding ortho intramolecular Hbond substituents is 1. The van der Waals surface area contributed by atoms with Crippen LogP contribution in [0.2, 0.25) is 0 Å². The molecule has 3 heteroatoms. The van der Waals surface area contributed by atoms with E-state index in [2.05, 4.69) is 0 Å². The summed E-state index contributed by atoms with van der Waals surface area (Å²) in [5.41, 5.74) is 1.80. The Morgan fingerprint density at radius 2 is 1.84 bits per heavy atom. The SMILES string of the molecule is CCN(C)c1ccc(C(=O)c2ccccc2)c(O)c1. The Morgan fingerprint density at radius 1 is 1.16 bits per heavy atom. The molecular formula is C16H17NO2. The number of hydrogen-bond donors (Lipinski definition) is 1. The van der Waals surface area contributed by atoms with Crippen molar-refractivity contribution < 1.29 is 9.90 Å². The molecule has 0 bridgehead atoms. The molecule has 2 aromatic rings. The van der Waals surface area contributed by atoms with Gasteiger partial charge < -0.3 is 10.0 Å². The third-order valence-electron chi connectivity index (χ3n) is 3.18. The van der Waals surface area contributed by atoms with Crippen molar-refractivity contribution in [3.8, 4) is 5.75 Å². The van der Waals surface area contributed by atoms with Gasteiger partial charge in [0, 0.05) is 30.9 Å². The molecule has 0 aliphatic carbocycles. The first-order valence-corrected chi connectivity index (χ1v) is 6.27. The minimum Gasteiger partial charge on any atom is -0.507 e. The average molecular weight is 255 g/mol. The van der Waals surface area contributed by atoms with Crippen molar-refractivity contribution in [3.63, 3.8) is 0 Å². The van der Waals surface area contributed by atoms with Gasteiger partial charge in [-0.2, -0.15) is 0 Å². The van der Waals surface area contributed by atoms with Crippen molar-refractivity contribution in [2.45, 2.75) is 6.92 Å². The zero-order valence-corrected chi connectivity index (χ0v) is 11.1. The second-order valence-corrected chi connectivity index (χ2v) is 4.41. The number of aromatic hydroxyl groups is 1. The Kier molecular flexibility index (Phi) is 3.85. The molecule has 0 heterocycles. The largest absolute Gasteiger partial charge is 0.507 e. The first-order chi connectivity index (χ1) is 9.13. The molecule has 0 aromatic heterocycles. The second kappa shape index (κ2) is 5.57. The zero-order chi connectivity index (χ0) is 13.8. The summed E-state index contributed by atoms with van der Waals surface area (Å²) in [5.74, 6) is -0.143. The van der Waals surface area contributed by atoms with Crippen molar-refractivity contribution in [2.75, 3.05) is 18.5 Å². The monoisotopic (exact) mass is 255 g/mol. The molecule has 0 radical (unpaired) electrons. The van der Waals surface area contributed by atoms with Crippen LogP contribution in [0.3, 0.4) is 0 Å². The van der Waals surface area contributed by atoms with Crippen LogP contribution < -0.4 is 4.90 Å². The summed E-state index contributed by atoms with van der Waals surface area (Å²) in [4.78, 5) is 14.2. The molecule has 0 unspecified atom stereocenters. The van der Waals surface area contributed by atoms with Gasteiger partial charge in [0.15, 0.2) is 5.78 Å². The number of rotatable bonds is 4. The molecule has 0 atom stereocenters. The predicted molar refractivity (Wildman–Crippen MR) is 76.9 cm³/mol. The number of benzene rings is 2. The average Bonchev–Trinajstić information content (AvgIpc) is 2.46. The summed E-state index contributed by atoms with van der Waals surface area (Å²) in [6.07, 6.45) is 0. The fourth-order valence-electron chi connectivity index (χ4n) is 1.88. The number of carbonyl (C=O) groups excluding carboxylic acids is 1. The maximum atomic E-state index is 12.2. The van der Waals surface area contributed by atoms with Gasteiger partial charge in [0.05, 0.1) is 5.56 Å². The van der Waals surface area contributed by atoms with E-state index in [9.17, 15) is 9.90 Å². The van der Waals surface area contributed by atoms with Gasteiger partial charge >= 0.3 is 0 Å². The molecule has 2 aromatic carbocycles. The van der Waals surface area contributed by atoms with Gasteiger partial charge in [0.1, 0.15) is 5.75 Å². The van der Waals surface area contributed by atoms with E-state index < -0.39 is 0 Å². The number of carbonyl (C=O) groups is 1. The van der Waals surface area contributed by atoms with Gasteiger partial charge in [0.2, 0.25) is 0 Å². The first-order valence-electron chi connectivity index (χ1n) is 6.27. The van der Waals surface area contributed by atoms with Crippen LogP contribution in [-0.2, 0) is 0 Å². The summed E-state index contributed by atoms with van der Waals surface area (Å²) in [6, 6.07) is 14.1. The minimum atomic E-state index is -0.163. The highest BCUT2D eigenvalue weighted by Gasteiger charge is 2.14. The van der Waals surface area contributed by atoms with Crippen molar-refractivity contribution in [3.05, 3.63) is 59.7 Å². The highest BCUT2D eigenvalue weighted by atomic mass is 16.3. The molecule has 0 amide bonds. The molecule has 0 fully saturated rings. The lowest BCUT2D eigenvalue weighted by molar-refractivity contribution is 0.103. The highest BCUT2D eigenvalue weighted by Crippen LogP contribution is 2.26. The van der Waals surface area contributed by atoms with Crippen LogP contribution in [0.5, 0.6) is 5.75 Å². The van der Waals surface area contributed by atoms with Gasteiger partial charge in [-0.3, -0.25) is 4.79 Å². The van der Waals surface area contributed by atoms with Crippen LogP contribution in [0.25, 0.3) is 0 Å². The molecule has 98 valence electrons. The number of hydrogen-bond acceptors (Lipinski definition) is 3. The quantitative estimate of drug-likeness (QED) is 0.853. The van der Waals surface area contributed by atoms with Crippen LogP contribution in [0.1, 0.15) is 22.8 Å². The van der Waals surface area contributed by atoms with Gasteiger partial charge in [-0.05, 0) is 19.1 Å². The Hall–Kier alpha value is -2.29. The van der Waals surface area contributed by atoms with E-state index >= 15 is 0 Å². The minimum absolute atomic E-state index is 0.0200. The molecule has 0 spiro atoms. The van der Waals surface area contributed by atoms with Gasteiger partial charge in [-0.1, -0.05) is 30.3 Å². The van der Waals surface area contributed by atoms with Crippen molar-refractivity contribution in [2.24, 2.45) is 0 Å². The van der Waals surface area contributed by atoms with E-state index in [0.29, 0.717) is 11.1 Å². The van der Waals surface area contributed by atoms with Crippen LogP contribution >= 0.6 is 0 Å². The standard InChI is InChI=1S/C16H17NO2/c1-3-17(2)13-9-10-14(15(18)11-13)16(19)12-7-5-4-6-8-12/h4-11,18H,3H2,1-2H3. The lowest BCUT2D eigenvalue weighted by Crippen LogP contribution is -2.15. The molecule has 0 saturated carbocycles. The summed E-state index contributed by atoms with van der Waals surface area (Å²) >= 11 is 0. The van der Waals surface area contributed by atoms with Crippen molar-refractivity contribution in [1.29, 1.82) is 0 Å². The predicted octanol–water partition coefficient (Wildman–Crippen LogP) is 3.08. The van der Waals surface area contributed by atoms with E-state index in [1.807, 2.05) is 43.1 Å². The fourth-order valence-corrected chi connectivity index (χ4v) is 1.88. The Morgan fingerprint density at radius 3 is 2.42 bits per heavy atom. The molecule has 3 nitrogen and oxygen atoms in total. The number of anilines is 1. The van der Waals surface area contributed by atoms with Gasteiger partial charge in [-0.25, -0.2) is 0 Å². The van der Waals surface area contributed by atoms with Crippen LogP contribution in [0.15, 0.2) is 48.5 Å². The number of ketones is 1.